The van der Waals surface area contributed by atoms with Crippen molar-refractivity contribution in [3.05, 3.63) is 22.9 Å². The van der Waals surface area contributed by atoms with Crippen molar-refractivity contribution in [3.63, 3.8) is 0 Å². The first kappa shape index (κ1) is 19.0. The molecule has 0 fully saturated rings. The summed E-state index contributed by atoms with van der Waals surface area (Å²) in [6.45, 7) is 0.605. The maximum atomic E-state index is 13.2. The smallest absolute Gasteiger partial charge is 0.466 e. The summed E-state index contributed by atoms with van der Waals surface area (Å²) < 4.78 is 84.5. The fraction of sp³-hybridized carbons (Fsp3) is 0.500. The van der Waals surface area contributed by atoms with Crippen molar-refractivity contribution in [2.75, 3.05) is 6.61 Å². The van der Waals surface area contributed by atoms with E-state index in [1.165, 1.54) is 6.92 Å². The normalized spacial score (nSPS) is 12.2. The van der Waals surface area contributed by atoms with Gasteiger partial charge in [0.1, 0.15) is 0 Å². The molecule has 0 spiro atoms. The van der Waals surface area contributed by atoms with E-state index in [9.17, 15) is 31.1 Å². The summed E-state index contributed by atoms with van der Waals surface area (Å²) in [6, 6.07) is 0. The van der Waals surface area contributed by atoms with Crippen molar-refractivity contribution in [2.24, 2.45) is 5.73 Å². The molecular weight excluding hydrogens is 334 g/mol. The van der Waals surface area contributed by atoms with Crippen LogP contribution in [0.2, 0.25) is 0 Å². The quantitative estimate of drug-likeness (QED) is 0.655. The second-order valence-corrected chi connectivity index (χ2v) is 4.17. The van der Waals surface area contributed by atoms with Crippen molar-refractivity contribution in [3.8, 4) is 5.88 Å². The number of pyridine rings is 1. The van der Waals surface area contributed by atoms with E-state index in [-0.39, 0.29) is 6.61 Å². The minimum absolute atomic E-state index is 0.153. The molecule has 1 aromatic heterocycles. The molecule has 0 amide bonds. The van der Waals surface area contributed by atoms with E-state index in [0.717, 1.165) is 0 Å². The molecule has 11 heteroatoms. The van der Waals surface area contributed by atoms with E-state index in [4.69, 9.17) is 5.73 Å². The molecular formula is C12H12F6N2O3. The molecule has 5 nitrogen and oxygen atoms in total. The minimum Gasteiger partial charge on any atom is -0.466 e. The van der Waals surface area contributed by atoms with Gasteiger partial charge in [-0.15, -0.1) is 13.2 Å². The fourth-order valence-electron chi connectivity index (χ4n) is 1.81. The number of hydrogen-bond donors (Lipinski definition) is 1. The number of nitrogens with zero attached hydrogens (tertiary/aromatic N) is 1. The zero-order valence-electron chi connectivity index (χ0n) is 11.7. The number of hydrogen-bond acceptors (Lipinski definition) is 5. The lowest BCUT2D eigenvalue weighted by Gasteiger charge is -2.19. The Morgan fingerprint density at radius 3 is 2.30 bits per heavy atom. The van der Waals surface area contributed by atoms with Gasteiger partial charge in [0.15, 0.2) is 0 Å². The Morgan fingerprint density at radius 1 is 1.26 bits per heavy atom. The van der Waals surface area contributed by atoms with Crippen LogP contribution in [-0.2, 0) is 28.7 Å². The Balaban J connectivity index is 3.49. The van der Waals surface area contributed by atoms with Crippen LogP contribution in [0.4, 0.5) is 26.3 Å². The molecule has 0 aromatic carbocycles. The Morgan fingerprint density at radius 2 is 1.87 bits per heavy atom. The summed E-state index contributed by atoms with van der Waals surface area (Å²) in [5, 5.41) is 0. The summed E-state index contributed by atoms with van der Waals surface area (Å²) in [4.78, 5) is 14.6. The van der Waals surface area contributed by atoms with Crippen LogP contribution in [0.15, 0.2) is 6.20 Å². The second-order valence-electron chi connectivity index (χ2n) is 4.17. The Bertz CT molecular complexity index is 571. The molecule has 0 aliphatic rings. The lowest BCUT2D eigenvalue weighted by molar-refractivity contribution is -0.276. The first-order valence-corrected chi connectivity index (χ1v) is 6.19. The van der Waals surface area contributed by atoms with E-state index >= 15 is 0 Å². The number of alkyl halides is 6. The van der Waals surface area contributed by atoms with Gasteiger partial charge in [0.2, 0.25) is 5.88 Å². The van der Waals surface area contributed by atoms with Gasteiger partial charge < -0.3 is 15.2 Å². The van der Waals surface area contributed by atoms with Gasteiger partial charge in [-0.2, -0.15) is 13.2 Å². The maximum absolute atomic E-state index is 13.2. The van der Waals surface area contributed by atoms with E-state index < -0.39 is 54.0 Å². The van der Waals surface area contributed by atoms with Gasteiger partial charge in [0.25, 0.3) is 0 Å². The van der Waals surface area contributed by atoms with Crippen LogP contribution in [0.3, 0.4) is 0 Å². The number of nitrogens with two attached hydrogens (primary N) is 1. The van der Waals surface area contributed by atoms with E-state index in [0.29, 0.717) is 6.20 Å². The molecule has 0 aliphatic carbocycles. The van der Waals surface area contributed by atoms with Gasteiger partial charge in [0, 0.05) is 18.3 Å². The Labute approximate surface area is 126 Å². The van der Waals surface area contributed by atoms with Crippen molar-refractivity contribution in [1.82, 2.24) is 4.98 Å². The molecule has 0 aliphatic heterocycles. The summed E-state index contributed by atoms with van der Waals surface area (Å²) in [7, 11) is 0. The minimum atomic E-state index is -5.27. The van der Waals surface area contributed by atoms with Gasteiger partial charge in [-0.1, -0.05) is 0 Å². The van der Waals surface area contributed by atoms with E-state index in [1.807, 2.05) is 0 Å². The topological polar surface area (TPSA) is 74.4 Å². The van der Waals surface area contributed by atoms with Crippen LogP contribution in [0.25, 0.3) is 0 Å². The third kappa shape index (κ3) is 5.27. The molecule has 0 bridgehead atoms. The molecule has 0 saturated heterocycles. The number of rotatable bonds is 5. The Kier molecular flexibility index (Phi) is 5.81. The molecule has 0 saturated carbocycles. The van der Waals surface area contributed by atoms with Gasteiger partial charge in [0.05, 0.1) is 18.6 Å². The molecule has 23 heavy (non-hydrogen) atoms. The third-order valence-corrected chi connectivity index (χ3v) is 2.56. The predicted molar refractivity (Wildman–Crippen MR) is 64.2 cm³/mol. The fourth-order valence-corrected chi connectivity index (χ4v) is 1.81. The predicted octanol–water partition coefficient (Wildman–Crippen LogP) is 2.56. The number of carbonyl (C=O) groups is 1. The highest BCUT2D eigenvalue weighted by molar-refractivity contribution is 5.74. The molecule has 1 heterocycles. The molecule has 130 valence electrons. The number of aromatic nitrogens is 1. The third-order valence-electron chi connectivity index (χ3n) is 2.56. The van der Waals surface area contributed by atoms with Crippen LogP contribution in [-0.4, -0.2) is 23.9 Å². The first-order valence-electron chi connectivity index (χ1n) is 6.19. The molecule has 2 N–H and O–H groups in total. The van der Waals surface area contributed by atoms with Crippen LogP contribution in [0.5, 0.6) is 5.88 Å². The number of halogens is 6. The van der Waals surface area contributed by atoms with Gasteiger partial charge in [-0.25, -0.2) is 4.98 Å². The van der Waals surface area contributed by atoms with Gasteiger partial charge in [-0.05, 0) is 12.5 Å². The largest absolute Gasteiger partial charge is 0.574 e. The number of esters is 1. The first-order chi connectivity index (χ1) is 10.5. The molecule has 0 atom stereocenters. The summed E-state index contributed by atoms with van der Waals surface area (Å²) >= 11 is 0. The van der Waals surface area contributed by atoms with E-state index in [1.54, 1.807) is 0 Å². The van der Waals surface area contributed by atoms with Crippen LogP contribution in [0.1, 0.15) is 23.6 Å². The van der Waals surface area contributed by atoms with Crippen molar-refractivity contribution >= 4 is 5.97 Å². The molecule has 0 radical (unpaired) electrons. The van der Waals surface area contributed by atoms with Crippen molar-refractivity contribution in [1.29, 1.82) is 0 Å². The van der Waals surface area contributed by atoms with Crippen LogP contribution >= 0.6 is 0 Å². The summed E-state index contributed by atoms with van der Waals surface area (Å²) in [5.41, 5.74) is 2.04. The SMILES string of the molecule is CCOC(=O)Cc1c(OC(F)(F)F)ncc(CN)c1C(F)(F)F. The molecule has 1 rings (SSSR count). The zero-order chi connectivity index (χ0) is 17.8. The highest BCUT2D eigenvalue weighted by atomic mass is 19.4. The second kappa shape index (κ2) is 7.02. The molecule has 0 unspecified atom stereocenters. The maximum Gasteiger partial charge on any atom is 0.574 e. The van der Waals surface area contributed by atoms with Gasteiger partial charge in [-0.3, -0.25) is 4.79 Å². The van der Waals surface area contributed by atoms with Crippen LogP contribution in [0, 0.1) is 0 Å². The van der Waals surface area contributed by atoms with Crippen molar-refractivity contribution < 1.29 is 40.6 Å². The highest BCUT2D eigenvalue weighted by Crippen LogP contribution is 2.39. The monoisotopic (exact) mass is 346 g/mol. The average molecular weight is 346 g/mol. The number of carbonyl (C=O) groups excluding carboxylic acids is 1. The van der Waals surface area contributed by atoms with Crippen LogP contribution < -0.4 is 10.5 Å². The average Bonchev–Trinajstić information content (AvgIpc) is 2.37. The van der Waals surface area contributed by atoms with Gasteiger partial charge >= 0.3 is 18.5 Å². The summed E-state index contributed by atoms with van der Waals surface area (Å²) in [5.74, 6) is -2.52. The zero-order valence-corrected chi connectivity index (χ0v) is 11.7. The Hall–Kier alpha value is -2.04. The standard InChI is InChI=1S/C12H12F6N2O3/c1-2-22-8(21)3-7-9(11(13,14)15)6(4-19)5-20-10(7)23-12(16,17)18/h5H,2-4,19H2,1H3. The van der Waals surface area contributed by atoms with Crippen molar-refractivity contribution in [2.45, 2.75) is 32.4 Å². The number of ether oxygens (including phenoxy) is 2. The lowest BCUT2D eigenvalue weighted by atomic mass is 10.0. The summed E-state index contributed by atoms with van der Waals surface area (Å²) in [6.07, 6.45) is -10.9. The molecule has 1 aromatic rings. The highest BCUT2D eigenvalue weighted by Gasteiger charge is 2.41. The lowest BCUT2D eigenvalue weighted by Crippen LogP contribution is -2.24. The van der Waals surface area contributed by atoms with E-state index in [2.05, 4.69) is 14.5 Å².